The van der Waals surface area contributed by atoms with E-state index in [0.717, 1.165) is 19.1 Å². The molecule has 1 aliphatic rings. The van der Waals surface area contributed by atoms with Gasteiger partial charge in [-0.1, -0.05) is 13.3 Å². The highest BCUT2D eigenvalue weighted by atomic mass is 32.2. The van der Waals surface area contributed by atoms with Gasteiger partial charge in [-0.15, -0.1) is 0 Å². The molecular formula is C8H16O4S. The van der Waals surface area contributed by atoms with Gasteiger partial charge in [0.05, 0.1) is 25.6 Å². The first-order valence-electron chi connectivity index (χ1n) is 4.49. The predicted octanol–water partition coefficient (Wildman–Crippen LogP) is 0.778. The summed E-state index contributed by atoms with van der Waals surface area (Å²) in [7, 11) is -3.32. The summed E-state index contributed by atoms with van der Waals surface area (Å²) in [5.41, 5.74) is 0. The highest BCUT2D eigenvalue weighted by Gasteiger charge is 2.30. The van der Waals surface area contributed by atoms with Gasteiger partial charge in [0.2, 0.25) is 0 Å². The molecule has 5 heteroatoms. The zero-order valence-corrected chi connectivity index (χ0v) is 8.84. The van der Waals surface area contributed by atoms with Crippen LogP contribution in [0.2, 0.25) is 0 Å². The van der Waals surface area contributed by atoms with Crippen molar-refractivity contribution in [3.05, 3.63) is 0 Å². The second-order valence-electron chi connectivity index (χ2n) is 3.43. The van der Waals surface area contributed by atoms with E-state index < -0.39 is 10.1 Å². The molecule has 1 aliphatic heterocycles. The first kappa shape index (κ1) is 10.9. The summed E-state index contributed by atoms with van der Waals surface area (Å²) < 4.78 is 31.8. The summed E-state index contributed by atoms with van der Waals surface area (Å²) in [5.74, 6) is 0.259. The first-order chi connectivity index (χ1) is 6.03. The van der Waals surface area contributed by atoms with Crippen LogP contribution in [0.5, 0.6) is 0 Å². The molecule has 0 bridgehead atoms. The molecule has 0 spiro atoms. The van der Waals surface area contributed by atoms with Crippen LogP contribution in [0.4, 0.5) is 0 Å². The maximum absolute atomic E-state index is 10.9. The molecule has 1 fully saturated rings. The Bertz CT molecular complexity index is 243. The van der Waals surface area contributed by atoms with E-state index in [0.29, 0.717) is 13.2 Å². The number of rotatable bonds is 5. The van der Waals surface area contributed by atoms with Crippen molar-refractivity contribution < 1.29 is 17.3 Å². The van der Waals surface area contributed by atoms with E-state index in [-0.39, 0.29) is 12.0 Å². The quantitative estimate of drug-likeness (QED) is 0.626. The maximum Gasteiger partial charge on any atom is 0.264 e. The molecule has 0 amide bonds. The standard InChI is InChI=1S/C8H16O4S/c1-3-4-8(7-5-11-6-7)12-13(2,9)10/h7-8H,3-6H2,1-2H3. The lowest BCUT2D eigenvalue weighted by Gasteiger charge is -2.32. The summed E-state index contributed by atoms with van der Waals surface area (Å²) >= 11 is 0. The fraction of sp³-hybridized carbons (Fsp3) is 1.00. The van der Waals surface area contributed by atoms with Gasteiger partial charge in [0.15, 0.2) is 0 Å². The van der Waals surface area contributed by atoms with Crippen molar-refractivity contribution in [2.75, 3.05) is 19.5 Å². The fourth-order valence-corrected chi connectivity index (χ4v) is 2.04. The summed E-state index contributed by atoms with van der Waals surface area (Å²) in [6, 6.07) is 0. The Morgan fingerprint density at radius 1 is 1.54 bits per heavy atom. The lowest BCUT2D eigenvalue weighted by atomic mass is 9.97. The minimum absolute atomic E-state index is 0.186. The van der Waals surface area contributed by atoms with Crippen molar-refractivity contribution in [3.8, 4) is 0 Å². The Balaban J connectivity index is 2.46. The Morgan fingerprint density at radius 3 is 2.46 bits per heavy atom. The lowest BCUT2D eigenvalue weighted by molar-refractivity contribution is -0.0830. The van der Waals surface area contributed by atoms with Crippen molar-refractivity contribution in [1.82, 2.24) is 0 Å². The second kappa shape index (κ2) is 4.39. The summed E-state index contributed by atoms with van der Waals surface area (Å²) in [6.45, 7) is 3.26. The van der Waals surface area contributed by atoms with Crippen molar-refractivity contribution in [2.45, 2.75) is 25.9 Å². The third kappa shape index (κ3) is 3.62. The summed E-state index contributed by atoms with van der Waals surface area (Å²) in [5, 5.41) is 0. The number of hydrogen-bond acceptors (Lipinski definition) is 4. The van der Waals surface area contributed by atoms with E-state index in [1.54, 1.807) is 0 Å². The van der Waals surface area contributed by atoms with Crippen molar-refractivity contribution in [1.29, 1.82) is 0 Å². The van der Waals surface area contributed by atoms with E-state index in [9.17, 15) is 8.42 Å². The third-order valence-electron chi connectivity index (χ3n) is 2.06. The van der Waals surface area contributed by atoms with Gasteiger partial charge in [-0.3, -0.25) is 4.18 Å². The summed E-state index contributed by atoms with van der Waals surface area (Å²) in [4.78, 5) is 0. The minimum Gasteiger partial charge on any atom is -0.380 e. The topological polar surface area (TPSA) is 52.6 Å². The van der Waals surface area contributed by atoms with Gasteiger partial charge in [0.1, 0.15) is 0 Å². The van der Waals surface area contributed by atoms with E-state index in [2.05, 4.69) is 0 Å². The summed E-state index contributed by atoms with van der Waals surface area (Å²) in [6.07, 6.45) is 2.61. The molecule has 1 unspecified atom stereocenters. The molecule has 0 saturated carbocycles. The van der Waals surface area contributed by atoms with Crippen LogP contribution in [0.3, 0.4) is 0 Å². The van der Waals surface area contributed by atoms with Gasteiger partial charge < -0.3 is 4.74 Å². The molecule has 0 aliphatic carbocycles. The molecule has 0 N–H and O–H groups in total. The van der Waals surface area contributed by atoms with Crippen LogP contribution in [0, 0.1) is 5.92 Å². The van der Waals surface area contributed by atoms with E-state index in [4.69, 9.17) is 8.92 Å². The van der Waals surface area contributed by atoms with Crippen LogP contribution in [0.1, 0.15) is 19.8 Å². The van der Waals surface area contributed by atoms with Gasteiger partial charge in [-0.05, 0) is 6.42 Å². The van der Waals surface area contributed by atoms with Gasteiger partial charge in [-0.25, -0.2) is 0 Å². The van der Waals surface area contributed by atoms with E-state index >= 15 is 0 Å². The first-order valence-corrected chi connectivity index (χ1v) is 6.30. The van der Waals surface area contributed by atoms with Crippen LogP contribution in [0.25, 0.3) is 0 Å². The molecule has 1 atom stereocenters. The largest absolute Gasteiger partial charge is 0.380 e. The van der Waals surface area contributed by atoms with Crippen molar-refractivity contribution in [2.24, 2.45) is 5.92 Å². The van der Waals surface area contributed by atoms with E-state index in [1.165, 1.54) is 0 Å². The van der Waals surface area contributed by atoms with Crippen LogP contribution < -0.4 is 0 Å². The molecule has 78 valence electrons. The maximum atomic E-state index is 10.9. The number of ether oxygens (including phenoxy) is 1. The molecule has 0 radical (unpaired) electrons. The highest BCUT2D eigenvalue weighted by Crippen LogP contribution is 2.22. The zero-order chi connectivity index (χ0) is 9.90. The molecule has 4 nitrogen and oxygen atoms in total. The Hall–Kier alpha value is -0.130. The molecule has 13 heavy (non-hydrogen) atoms. The molecule has 0 aromatic heterocycles. The molecule has 0 aromatic rings. The smallest absolute Gasteiger partial charge is 0.264 e. The normalized spacial score (nSPS) is 21.1. The van der Waals surface area contributed by atoms with Gasteiger partial charge >= 0.3 is 0 Å². The number of hydrogen-bond donors (Lipinski definition) is 0. The Labute approximate surface area is 79.3 Å². The Morgan fingerprint density at radius 2 is 2.15 bits per heavy atom. The molecule has 0 aromatic carbocycles. The molecular weight excluding hydrogens is 192 g/mol. The zero-order valence-electron chi connectivity index (χ0n) is 8.02. The molecule has 1 heterocycles. The van der Waals surface area contributed by atoms with Gasteiger partial charge in [-0.2, -0.15) is 8.42 Å². The van der Waals surface area contributed by atoms with Crippen molar-refractivity contribution >= 4 is 10.1 Å². The highest BCUT2D eigenvalue weighted by molar-refractivity contribution is 7.86. The molecule has 1 saturated heterocycles. The Kier molecular flexibility index (Phi) is 3.70. The predicted molar refractivity (Wildman–Crippen MR) is 48.9 cm³/mol. The monoisotopic (exact) mass is 208 g/mol. The lowest BCUT2D eigenvalue weighted by Crippen LogP contribution is -2.40. The SMILES string of the molecule is CCCC(OS(C)(=O)=O)C1COC1. The molecule has 1 rings (SSSR count). The minimum atomic E-state index is -3.32. The average Bonchev–Trinajstić information content (AvgIpc) is 1.79. The second-order valence-corrected chi connectivity index (χ2v) is 5.03. The van der Waals surface area contributed by atoms with Crippen molar-refractivity contribution in [3.63, 3.8) is 0 Å². The van der Waals surface area contributed by atoms with Crippen LogP contribution >= 0.6 is 0 Å². The van der Waals surface area contributed by atoms with Gasteiger partial charge in [0, 0.05) is 5.92 Å². The van der Waals surface area contributed by atoms with Crippen LogP contribution in [-0.4, -0.2) is 34.0 Å². The average molecular weight is 208 g/mol. The van der Waals surface area contributed by atoms with Crippen LogP contribution in [0.15, 0.2) is 0 Å². The van der Waals surface area contributed by atoms with Crippen LogP contribution in [-0.2, 0) is 19.0 Å². The third-order valence-corrected chi connectivity index (χ3v) is 2.66. The van der Waals surface area contributed by atoms with E-state index in [1.807, 2.05) is 6.92 Å². The fourth-order valence-electron chi connectivity index (χ4n) is 1.34. The van der Waals surface area contributed by atoms with Gasteiger partial charge in [0.25, 0.3) is 10.1 Å².